The molecule has 2 amide bonds. The maximum atomic E-state index is 13.5. The van der Waals surface area contributed by atoms with Crippen LogP contribution >= 0.6 is 7.81 Å². The topological polar surface area (TPSA) is 109 Å². The second kappa shape index (κ2) is 11.1. The van der Waals surface area contributed by atoms with Gasteiger partial charge in [-0.25, -0.2) is 9.78 Å². The van der Waals surface area contributed by atoms with Crippen LogP contribution in [0.5, 0.6) is 0 Å². The molecule has 1 aliphatic carbocycles. The number of carbonyl (C=O) groups is 2. The third-order valence-corrected chi connectivity index (χ3v) is 8.42. The maximum absolute atomic E-state index is 13.5. The summed E-state index contributed by atoms with van der Waals surface area (Å²) >= 11 is 0. The molecule has 44 heavy (non-hydrogen) atoms. The van der Waals surface area contributed by atoms with Gasteiger partial charge in [-0.3, -0.25) is 14.9 Å². The van der Waals surface area contributed by atoms with Crippen LogP contribution in [0.2, 0.25) is 0 Å². The van der Waals surface area contributed by atoms with E-state index in [0.717, 1.165) is 75.2 Å². The Morgan fingerprint density at radius 3 is 2.52 bits per heavy atom. The summed E-state index contributed by atoms with van der Waals surface area (Å²) in [5.41, 5.74) is 2.25. The van der Waals surface area contributed by atoms with Gasteiger partial charge in [0, 0.05) is 31.1 Å². The Kier molecular flexibility index (Phi) is 8.07. The number of nitrogens with one attached hydrogen (secondary N) is 1. The zero-order valence-corrected chi connectivity index (χ0v) is 24.8. The molecule has 1 saturated heterocycles. The van der Waals surface area contributed by atoms with E-state index in [-0.39, 0.29) is 23.6 Å². The summed E-state index contributed by atoms with van der Waals surface area (Å²) in [6, 6.07) is 10.9. The van der Waals surface area contributed by atoms with E-state index in [9.17, 15) is 39.6 Å². The van der Waals surface area contributed by atoms with E-state index in [1.807, 2.05) is 24.0 Å². The van der Waals surface area contributed by atoms with Crippen LogP contribution in [-0.2, 0) is 6.42 Å². The molecular weight excluding hydrogens is 613 g/mol. The predicted octanol–water partition coefficient (Wildman–Crippen LogP) is 6.08. The van der Waals surface area contributed by atoms with Gasteiger partial charge in [0.1, 0.15) is 0 Å². The number of benzene rings is 1. The molecule has 15 heteroatoms. The van der Waals surface area contributed by atoms with Gasteiger partial charge >= 0.3 is 38.6 Å². The minimum absolute atomic E-state index is 0.0381. The van der Waals surface area contributed by atoms with E-state index >= 15 is 0 Å². The van der Waals surface area contributed by atoms with Crippen LogP contribution in [0.4, 0.5) is 31.0 Å². The number of hydrogen-bond acceptors (Lipinski definition) is 5. The molecule has 0 radical (unpaired) electrons. The average Bonchev–Trinajstić information content (AvgIpc) is 2.94. The Labute approximate surface area is 248 Å². The van der Waals surface area contributed by atoms with Gasteiger partial charge in [0.15, 0.2) is 5.76 Å². The van der Waals surface area contributed by atoms with Gasteiger partial charge in [-0.15, -0.1) is 0 Å². The first-order valence-electron chi connectivity index (χ1n) is 14.4. The fraction of sp³-hybridized carbons (Fsp3) is 0.448. The molecule has 1 aromatic carbocycles. The second-order valence-electron chi connectivity index (χ2n) is 11.7. The summed E-state index contributed by atoms with van der Waals surface area (Å²) in [4.78, 5) is 45.4. The third kappa shape index (κ3) is 8.35. The molecule has 8 nitrogen and oxygen atoms in total. The minimum atomic E-state index is -10.7. The summed E-state index contributed by atoms with van der Waals surface area (Å²) in [6.45, 7) is 4.48. The SMILES string of the molecule is Cc1nc2c(cc1C(=O)N1CCC3CC(NC(=O)c4cc5ccccc5c(=O)o4)CCC3C1)CCC[NH2+]2.F[P-](F)(F)(F)(F)F. The summed E-state index contributed by atoms with van der Waals surface area (Å²) in [5.74, 6) is 1.75. The summed E-state index contributed by atoms with van der Waals surface area (Å²) in [6.07, 6.45) is 5.72. The number of carbonyl (C=O) groups excluding carboxylic acids is 2. The van der Waals surface area contributed by atoms with Crippen LogP contribution in [0, 0.1) is 18.8 Å². The third-order valence-electron chi connectivity index (χ3n) is 8.42. The van der Waals surface area contributed by atoms with Crippen molar-refractivity contribution in [1.82, 2.24) is 15.2 Å². The molecule has 1 saturated carbocycles. The van der Waals surface area contributed by atoms with E-state index in [2.05, 4.69) is 16.7 Å². The molecule has 2 fully saturated rings. The van der Waals surface area contributed by atoms with Crippen LogP contribution in [0.15, 0.2) is 45.6 Å². The van der Waals surface area contributed by atoms with E-state index in [4.69, 9.17) is 9.40 Å². The number of rotatable bonds is 3. The number of halogens is 6. The summed E-state index contributed by atoms with van der Waals surface area (Å²) in [7, 11) is -10.7. The van der Waals surface area contributed by atoms with Crippen molar-refractivity contribution < 1.29 is 44.5 Å². The molecule has 3 aromatic rings. The molecular formula is C29H33F6N4O4P. The summed E-state index contributed by atoms with van der Waals surface area (Å²) in [5, 5.41) is 6.44. The number of amides is 2. The monoisotopic (exact) mass is 646 g/mol. The van der Waals surface area contributed by atoms with E-state index in [0.29, 0.717) is 22.6 Å². The first-order valence-corrected chi connectivity index (χ1v) is 16.5. The Morgan fingerprint density at radius 1 is 1.05 bits per heavy atom. The van der Waals surface area contributed by atoms with Crippen molar-refractivity contribution in [2.45, 2.75) is 51.5 Å². The number of pyridine rings is 1. The van der Waals surface area contributed by atoms with Crippen molar-refractivity contribution in [3.8, 4) is 0 Å². The second-order valence-corrected chi connectivity index (χ2v) is 13.7. The van der Waals surface area contributed by atoms with Gasteiger partial charge < -0.3 is 14.6 Å². The zero-order chi connectivity index (χ0) is 31.9. The van der Waals surface area contributed by atoms with Gasteiger partial charge in [-0.05, 0) is 74.4 Å². The average molecular weight is 647 g/mol. The van der Waals surface area contributed by atoms with Crippen LogP contribution in [0.25, 0.3) is 10.8 Å². The van der Waals surface area contributed by atoms with Crippen LogP contribution in [-0.4, -0.2) is 47.4 Å². The van der Waals surface area contributed by atoms with Gasteiger partial charge in [0.05, 0.1) is 23.2 Å². The number of nitrogens with two attached hydrogens (primary N) is 1. The van der Waals surface area contributed by atoms with Crippen LogP contribution in [0.3, 0.4) is 0 Å². The molecule has 0 spiro atoms. The first kappa shape index (κ1) is 31.9. The number of likely N-dealkylation sites (tertiary alicyclic amines) is 1. The molecule has 3 unspecified atom stereocenters. The van der Waals surface area contributed by atoms with Gasteiger partial charge in [0.2, 0.25) is 5.82 Å². The van der Waals surface area contributed by atoms with Gasteiger partial charge in [-0.1, -0.05) is 18.2 Å². The molecule has 0 bridgehead atoms. The van der Waals surface area contributed by atoms with E-state index in [1.165, 1.54) is 5.56 Å². The van der Waals surface area contributed by atoms with Crippen molar-refractivity contribution >= 4 is 36.2 Å². The molecule has 3 aliphatic rings. The molecule has 2 aliphatic heterocycles. The zero-order valence-electron chi connectivity index (χ0n) is 23.9. The molecule has 2 aromatic heterocycles. The normalized spacial score (nSPS) is 23.2. The number of fused-ring (bicyclic) bond motifs is 3. The van der Waals surface area contributed by atoms with Crippen molar-refractivity contribution in [3.05, 3.63) is 69.4 Å². The number of aromatic nitrogens is 1. The fourth-order valence-corrected chi connectivity index (χ4v) is 6.40. The standard InChI is InChI=1S/C29H32N4O4.F6P/c1-17-24(14-20-6-4-11-30-26(20)31-17)28(35)33-12-10-18-13-22(9-8-21(18)16-33)32-27(34)25-15-19-5-2-3-7-23(19)29(36)37-25;1-7(2,3,4,5)6/h2-3,5,7,14-15,18,21-22H,4,6,8-13,16H2,1H3,(H,30,31)(H,32,34);/q;-1/p+1. The molecule has 240 valence electrons. The predicted molar refractivity (Wildman–Crippen MR) is 152 cm³/mol. The Bertz CT molecular complexity index is 1650. The Balaban J connectivity index is 0.000000493. The van der Waals surface area contributed by atoms with Crippen molar-refractivity contribution in [2.75, 3.05) is 19.6 Å². The molecule has 3 N–H and O–H groups in total. The molecule has 3 atom stereocenters. The number of aryl methyl sites for hydroxylation is 2. The molecule has 4 heterocycles. The Hall–Kier alpha value is -3.51. The van der Waals surface area contributed by atoms with E-state index < -0.39 is 13.4 Å². The summed E-state index contributed by atoms with van der Waals surface area (Å²) < 4.78 is 64.5. The number of nitrogens with zero attached hydrogens (tertiary/aromatic N) is 2. The van der Waals surface area contributed by atoms with Gasteiger partial charge in [-0.2, -0.15) is 0 Å². The van der Waals surface area contributed by atoms with Crippen molar-refractivity contribution in [2.24, 2.45) is 11.8 Å². The van der Waals surface area contributed by atoms with Crippen LogP contribution in [0.1, 0.15) is 64.3 Å². The van der Waals surface area contributed by atoms with Crippen molar-refractivity contribution in [1.29, 1.82) is 0 Å². The first-order chi connectivity index (χ1) is 20.4. The van der Waals surface area contributed by atoms with E-state index in [1.54, 1.807) is 18.2 Å². The van der Waals surface area contributed by atoms with Crippen LogP contribution < -0.4 is 16.3 Å². The molecule has 6 rings (SSSR count). The number of hydrogen-bond donors (Lipinski definition) is 2. The van der Waals surface area contributed by atoms with Crippen molar-refractivity contribution in [3.63, 3.8) is 0 Å². The fourth-order valence-electron chi connectivity index (χ4n) is 6.40. The quantitative estimate of drug-likeness (QED) is 0.265. The Morgan fingerprint density at radius 2 is 1.77 bits per heavy atom. The van der Waals surface area contributed by atoms with Gasteiger partial charge in [0.25, 0.3) is 11.8 Å². The number of quaternary nitrogens is 1. The number of piperidine rings is 1.